The average Bonchev–Trinajstić information content (AvgIpc) is 3.34. The molecule has 9 heteroatoms. The number of amides is 1. The molecular formula is C22H23N3O4S2. The van der Waals surface area contributed by atoms with Crippen molar-refractivity contribution >= 4 is 45.2 Å². The molecule has 3 aromatic rings. The standard InChI is InChI=1S/C22H23N3O4S2/c1-29-22(28)15(10-13-6-3-2-4-7-13)23-18(26)12-30-11-17-24-20(27)19-14-8-5-9-16(14)31-21(19)25-17/h2-4,6-7,15H,5,8-12H2,1H3,(H,23,26)(H,24,25,27)/t15-/m1/s1. The first-order chi connectivity index (χ1) is 15.0. The lowest BCUT2D eigenvalue weighted by Crippen LogP contribution is -2.43. The van der Waals surface area contributed by atoms with Gasteiger partial charge in [0.1, 0.15) is 16.7 Å². The van der Waals surface area contributed by atoms with Gasteiger partial charge >= 0.3 is 5.97 Å². The zero-order valence-corrected chi connectivity index (χ0v) is 18.7. The topological polar surface area (TPSA) is 101 Å². The number of carbonyl (C=O) groups is 2. The summed E-state index contributed by atoms with van der Waals surface area (Å²) < 4.78 is 4.83. The largest absolute Gasteiger partial charge is 0.467 e. The van der Waals surface area contributed by atoms with Crippen LogP contribution >= 0.6 is 23.1 Å². The number of benzene rings is 1. The number of aryl methyl sites for hydroxylation is 2. The van der Waals surface area contributed by atoms with Crippen LogP contribution in [-0.2, 0) is 39.3 Å². The van der Waals surface area contributed by atoms with Gasteiger partial charge in [-0.3, -0.25) is 9.59 Å². The predicted octanol–water partition coefficient (Wildman–Crippen LogP) is 2.61. The molecule has 0 bridgehead atoms. The third-order valence-electron chi connectivity index (χ3n) is 5.20. The van der Waals surface area contributed by atoms with Crippen molar-refractivity contribution in [3.8, 4) is 0 Å². The molecule has 31 heavy (non-hydrogen) atoms. The van der Waals surface area contributed by atoms with Crippen LogP contribution in [0.15, 0.2) is 35.1 Å². The number of methoxy groups -OCH3 is 1. The van der Waals surface area contributed by atoms with E-state index in [4.69, 9.17) is 4.74 Å². The second-order valence-corrected chi connectivity index (χ2v) is 9.45. The van der Waals surface area contributed by atoms with Crippen LogP contribution in [0.5, 0.6) is 0 Å². The van der Waals surface area contributed by atoms with E-state index in [0.717, 1.165) is 40.6 Å². The number of esters is 1. The second-order valence-electron chi connectivity index (χ2n) is 7.38. The highest BCUT2D eigenvalue weighted by molar-refractivity contribution is 7.99. The van der Waals surface area contributed by atoms with E-state index in [0.29, 0.717) is 18.0 Å². The Morgan fingerprint density at radius 2 is 2.10 bits per heavy atom. The number of aromatic amines is 1. The van der Waals surface area contributed by atoms with Crippen LogP contribution in [0.1, 0.15) is 28.2 Å². The highest BCUT2D eigenvalue weighted by atomic mass is 32.2. The zero-order valence-electron chi connectivity index (χ0n) is 17.1. The third kappa shape index (κ3) is 4.99. The van der Waals surface area contributed by atoms with Crippen LogP contribution in [0, 0.1) is 0 Å². The summed E-state index contributed by atoms with van der Waals surface area (Å²) in [5, 5.41) is 3.47. The Hall–Kier alpha value is -2.65. The molecule has 2 aromatic heterocycles. The molecule has 2 heterocycles. The van der Waals surface area contributed by atoms with E-state index < -0.39 is 12.0 Å². The summed E-state index contributed by atoms with van der Waals surface area (Å²) in [7, 11) is 1.31. The van der Waals surface area contributed by atoms with Gasteiger partial charge in [0.15, 0.2) is 0 Å². The number of thiophene rings is 1. The Morgan fingerprint density at radius 3 is 2.87 bits per heavy atom. The van der Waals surface area contributed by atoms with Gasteiger partial charge in [-0.2, -0.15) is 0 Å². The summed E-state index contributed by atoms with van der Waals surface area (Å²) in [6, 6.07) is 8.71. The van der Waals surface area contributed by atoms with E-state index in [1.807, 2.05) is 30.3 Å². The highest BCUT2D eigenvalue weighted by Crippen LogP contribution is 2.34. The molecule has 0 saturated carbocycles. The Labute approximate surface area is 187 Å². The molecular weight excluding hydrogens is 434 g/mol. The molecule has 2 N–H and O–H groups in total. The quantitative estimate of drug-likeness (QED) is 0.504. The number of ether oxygens (including phenoxy) is 1. The number of hydrogen-bond acceptors (Lipinski definition) is 7. The van der Waals surface area contributed by atoms with Gasteiger partial charge in [-0.15, -0.1) is 23.1 Å². The number of nitrogens with zero attached hydrogens (tertiary/aromatic N) is 1. The Kier molecular flexibility index (Phi) is 6.72. The number of fused-ring (bicyclic) bond motifs is 3. The maximum Gasteiger partial charge on any atom is 0.328 e. The molecule has 1 aromatic carbocycles. The number of H-pyrrole nitrogens is 1. The minimum atomic E-state index is -0.747. The molecule has 0 unspecified atom stereocenters. The summed E-state index contributed by atoms with van der Waals surface area (Å²) in [5.41, 5.74) is 1.99. The van der Waals surface area contributed by atoms with E-state index in [1.54, 1.807) is 11.3 Å². The normalized spacial score (nSPS) is 13.7. The van der Waals surface area contributed by atoms with Crippen molar-refractivity contribution in [2.75, 3.05) is 12.9 Å². The van der Waals surface area contributed by atoms with Gasteiger partial charge in [0.25, 0.3) is 5.56 Å². The van der Waals surface area contributed by atoms with Crippen LogP contribution in [-0.4, -0.2) is 40.7 Å². The van der Waals surface area contributed by atoms with Gasteiger partial charge in [0.2, 0.25) is 5.91 Å². The first-order valence-electron chi connectivity index (χ1n) is 10.1. The minimum Gasteiger partial charge on any atom is -0.467 e. The Morgan fingerprint density at radius 1 is 1.29 bits per heavy atom. The number of nitrogens with one attached hydrogen (secondary N) is 2. The summed E-state index contributed by atoms with van der Waals surface area (Å²) in [4.78, 5) is 46.5. The van der Waals surface area contributed by atoms with Gasteiger partial charge in [-0.1, -0.05) is 30.3 Å². The van der Waals surface area contributed by atoms with Crippen molar-refractivity contribution in [3.05, 3.63) is 62.5 Å². The summed E-state index contributed by atoms with van der Waals surface area (Å²) in [6.45, 7) is 0. The van der Waals surface area contributed by atoms with Crippen LogP contribution in [0.25, 0.3) is 10.2 Å². The van der Waals surface area contributed by atoms with E-state index in [1.165, 1.54) is 23.7 Å². The number of carbonyl (C=O) groups excluding carboxylic acids is 2. The SMILES string of the molecule is COC(=O)[C@@H](Cc1ccccc1)NC(=O)CSCc1nc2sc3c(c2c(=O)[nH]1)CCC3. The lowest BCUT2D eigenvalue weighted by atomic mass is 10.1. The summed E-state index contributed by atoms with van der Waals surface area (Å²) in [6.07, 6.45) is 3.42. The number of thioether (sulfide) groups is 1. The molecule has 1 amide bonds. The van der Waals surface area contributed by atoms with Crippen LogP contribution < -0.4 is 10.9 Å². The van der Waals surface area contributed by atoms with Crippen LogP contribution in [0.4, 0.5) is 0 Å². The molecule has 0 radical (unpaired) electrons. The minimum absolute atomic E-state index is 0.0990. The van der Waals surface area contributed by atoms with Gasteiger partial charge in [0, 0.05) is 11.3 Å². The second kappa shape index (κ2) is 9.65. The van der Waals surface area contributed by atoms with E-state index >= 15 is 0 Å². The van der Waals surface area contributed by atoms with Gasteiger partial charge in [-0.25, -0.2) is 9.78 Å². The van der Waals surface area contributed by atoms with E-state index in [2.05, 4.69) is 15.3 Å². The van der Waals surface area contributed by atoms with Gasteiger partial charge in [-0.05, 0) is 30.4 Å². The van der Waals surface area contributed by atoms with Crippen molar-refractivity contribution in [2.24, 2.45) is 0 Å². The fourth-order valence-electron chi connectivity index (χ4n) is 3.78. The van der Waals surface area contributed by atoms with Crippen LogP contribution in [0.2, 0.25) is 0 Å². The first kappa shape index (κ1) is 21.6. The van der Waals surface area contributed by atoms with Crippen molar-refractivity contribution in [3.63, 3.8) is 0 Å². The smallest absolute Gasteiger partial charge is 0.328 e. The molecule has 1 atom stereocenters. The lowest BCUT2D eigenvalue weighted by Gasteiger charge is -2.16. The number of rotatable bonds is 8. The van der Waals surface area contributed by atoms with Crippen molar-refractivity contribution in [2.45, 2.75) is 37.5 Å². The molecule has 7 nitrogen and oxygen atoms in total. The predicted molar refractivity (Wildman–Crippen MR) is 123 cm³/mol. The Balaban J connectivity index is 1.35. The maximum absolute atomic E-state index is 12.5. The third-order valence-corrected chi connectivity index (χ3v) is 7.33. The summed E-state index contributed by atoms with van der Waals surface area (Å²) in [5.74, 6) is 0.358. The monoisotopic (exact) mass is 457 g/mol. The molecule has 1 aliphatic carbocycles. The Bertz CT molecular complexity index is 1160. The molecule has 0 spiro atoms. The molecule has 4 rings (SSSR count). The summed E-state index contributed by atoms with van der Waals surface area (Å²) >= 11 is 2.94. The molecule has 162 valence electrons. The first-order valence-corrected chi connectivity index (χ1v) is 12.0. The van der Waals surface area contributed by atoms with E-state index in [-0.39, 0.29) is 17.2 Å². The number of aromatic nitrogens is 2. The molecule has 0 aliphatic heterocycles. The fourth-order valence-corrected chi connectivity index (χ4v) is 5.76. The molecule has 1 aliphatic rings. The van der Waals surface area contributed by atoms with Crippen molar-refractivity contribution in [1.82, 2.24) is 15.3 Å². The average molecular weight is 458 g/mol. The zero-order chi connectivity index (χ0) is 21.8. The van der Waals surface area contributed by atoms with Gasteiger partial charge in [0.05, 0.1) is 24.0 Å². The highest BCUT2D eigenvalue weighted by Gasteiger charge is 2.23. The van der Waals surface area contributed by atoms with E-state index in [9.17, 15) is 14.4 Å². The molecule has 0 fully saturated rings. The van der Waals surface area contributed by atoms with Crippen molar-refractivity contribution in [1.29, 1.82) is 0 Å². The fraction of sp³-hybridized carbons (Fsp3) is 0.364. The molecule has 0 saturated heterocycles. The maximum atomic E-state index is 12.5. The lowest BCUT2D eigenvalue weighted by molar-refractivity contribution is -0.144. The van der Waals surface area contributed by atoms with Crippen molar-refractivity contribution < 1.29 is 14.3 Å². The van der Waals surface area contributed by atoms with Gasteiger partial charge < -0.3 is 15.0 Å². The number of hydrogen-bond donors (Lipinski definition) is 2. The van der Waals surface area contributed by atoms with Crippen LogP contribution in [0.3, 0.4) is 0 Å².